The molecule has 0 bridgehead atoms. The number of benzene rings is 1. The monoisotopic (exact) mass is 180 g/mol. The van der Waals surface area contributed by atoms with Gasteiger partial charge in [0.25, 0.3) is 0 Å². The number of ether oxygens (including phenoxy) is 1. The number of aliphatic hydroxyl groups is 2. The first-order valence-corrected chi connectivity index (χ1v) is 4.36. The molecule has 1 aliphatic heterocycles. The summed E-state index contributed by atoms with van der Waals surface area (Å²) in [5.74, 6) is 0.681. The molecule has 2 N–H and O–H groups in total. The van der Waals surface area contributed by atoms with Gasteiger partial charge in [-0.1, -0.05) is 18.2 Å². The maximum Gasteiger partial charge on any atom is 0.125 e. The number of aliphatic hydroxyl groups excluding tert-OH is 2. The molecule has 0 saturated carbocycles. The highest BCUT2D eigenvalue weighted by Gasteiger charge is 2.25. The van der Waals surface area contributed by atoms with E-state index < -0.39 is 6.10 Å². The molecule has 2 unspecified atom stereocenters. The van der Waals surface area contributed by atoms with Crippen molar-refractivity contribution in [2.24, 2.45) is 0 Å². The Morgan fingerprint density at radius 3 is 2.92 bits per heavy atom. The van der Waals surface area contributed by atoms with Gasteiger partial charge in [-0.25, -0.2) is 0 Å². The van der Waals surface area contributed by atoms with Crippen LogP contribution in [-0.2, 0) is 0 Å². The van der Waals surface area contributed by atoms with Crippen LogP contribution in [0, 0.1) is 0 Å². The quantitative estimate of drug-likeness (QED) is 0.674. The summed E-state index contributed by atoms with van der Waals surface area (Å²) in [4.78, 5) is 0. The smallest absolute Gasteiger partial charge is 0.125 e. The summed E-state index contributed by atoms with van der Waals surface area (Å²) < 4.78 is 5.44. The fourth-order valence-electron chi connectivity index (χ4n) is 1.58. The van der Waals surface area contributed by atoms with Crippen molar-refractivity contribution in [1.82, 2.24) is 0 Å². The predicted molar refractivity (Wildman–Crippen MR) is 47.5 cm³/mol. The van der Waals surface area contributed by atoms with E-state index in [9.17, 15) is 5.11 Å². The Morgan fingerprint density at radius 1 is 1.38 bits per heavy atom. The lowest BCUT2D eigenvalue weighted by Gasteiger charge is -2.28. The normalized spacial score (nSPS) is 26.3. The number of hydrogen-bond acceptors (Lipinski definition) is 3. The number of fused-ring (bicyclic) bond motifs is 1. The maximum absolute atomic E-state index is 9.67. The molecule has 13 heavy (non-hydrogen) atoms. The Kier molecular flexibility index (Phi) is 2.20. The molecule has 0 saturated heterocycles. The van der Waals surface area contributed by atoms with Gasteiger partial charge in [-0.3, -0.25) is 0 Å². The molecule has 0 spiro atoms. The summed E-state index contributed by atoms with van der Waals surface area (Å²) in [5, 5.41) is 18.6. The third-order valence-electron chi connectivity index (χ3n) is 2.26. The minimum absolute atomic E-state index is 0.0502. The molecule has 0 amide bonds. The SMILES string of the molecule is OCC1CC(O)c2ccccc2O1. The number of rotatable bonds is 1. The average Bonchev–Trinajstić information content (AvgIpc) is 2.18. The van der Waals surface area contributed by atoms with Gasteiger partial charge >= 0.3 is 0 Å². The van der Waals surface area contributed by atoms with E-state index >= 15 is 0 Å². The van der Waals surface area contributed by atoms with Crippen LogP contribution in [0.4, 0.5) is 0 Å². The molecule has 3 heteroatoms. The summed E-state index contributed by atoms with van der Waals surface area (Å²) >= 11 is 0. The number of hydrogen-bond donors (Lipinski definition) is 2. The molecule has 0 aromatic heterocycles. The van der Waals surface area contributed by atoms with Crippen LogP contribution in [0.3, 0.4) is 0 Å². The Morgan fingerprint density at radius 2 is 2.15 bits per heavy atom. The van der Waals surface area contributed by atoms with E-state index in [2.05, 4.69) is 0 Å². The standard InChI is InChI=1S/C10H12O3/c11-6-7-5-9(12)8-3-1-2-4-10(8)13-7/h1-4,7,9,11-12H,5-6H2. The molecule has 0 radical (unpaired) electrons. The molecule has 70 valence electrons. The largest absolute Gasteiger partial charge is 0.488 e. The maximum atomic E-state index is 9.67. The van der Waals surface area contributed by atoms with Crippen LogP contribution < -0.4 is 4.74 Å². The molecule has 1 aromatic rings. The highest BCUT2D eigenvalue weighted by molar-refractivity contribution is 5.36. The molecule has 2 rings (SSSR count). The van der Waals surface area contributed by atoms with Crippen LogP contribution in [0.5, 0.6) is 5.75 Å². The van der Waals surface area contributed by atoms with Crippen LogP contribution >= 0.6 is 0 Å². The minimum atomic E-state index is -0.512. The minimum Gasteiger partial charge on any atom is -0.488 e. The molecule has 1 aliphatic rings. The van der Waals surface area contributed by atoms with Crippen molar-refractivity contribution in [3.05, 3.63) is 29.8 Å². The van der Waals surface area contributed by atoms with E-state index in [4.69, 9.17) is 9.84 Å². The summed E-state index contributed by atoms with van der Waals surface area (Å²) in [7, 11) is 0. The first kappa shape index (κ1) is 8.53. The molecule has 1 heterocycles. The van der Waals surface area contributed by atoms with Gasteiger partial charge in [0.2, 0.25) is 0 Å². The third-order valence-corrected chi connectivity index (χ3v) is 2.26. The van der Waals surface area contributed by atoms with Gasteiger partial charge in [0, 0.05) is 12.0 Å². The lowest BCUT2D eigenvalue weighted by molar-refractivity contribution is 0.0333. The van der Waals surface area contributed by atoms with E-state index in [1.807, 2.05) is 18.2 Å². The predicted octanol–water partition coefficient (Wildman–Crippen LogP) is 0.863. The van der Waals surface area contributed by atoms with Crippen LogP contribution in [0.2, 0.25) is 0 Å². The number of para-hydroxylation sites is 1. The van der Waals surface area contributed by atoms with Crippen molar-refractivity contribution in [3.8, 4) is 5.75 Å². The van der Waals surface area contributed by atoms with E-state index in [0.717, 1.165) is 5.56 Å². The van der Waals surface area contributed by atoms with Crippen LogP contribution in [-0.4, -0.2) is 22.9 Å². The fraction of sp³-hybridized carbons (Fsp3) is 0.400. The average molecular weight is 180 g/mol. The highest BCUT2D eigenvalue weighted by atomic mass is 16.5. The summed E-state index contributed by atoms with van der Waals surface area (Å²) in [6.45, 7) is -0.0502. The third kappa shape index (κ3) is 1.53. The fourth-order valence-corrected chi connectivity index (χ4v) is 1.58. The zero-order chi connectivity index (χ0) is 9.26. The zero-order valence-corrected chi connectivity index (χ0v) is 7.18. The van der Waals surface area contributed by atoms with Crippen molar-refractivity contribution < 1.29 is 14.9 Å². The van der Waals surface area contributed by atoms with Gasteiger partial charge in [0.15, 0.2) is 0 Å². The van der Waals surface area contributed by atoms with Crippen LogP contribution in [0.15, 0.2) is 24.3 Å². The first-order valence-electron chi connectivity index (χ1n) is 4.36. The van der Waals surface area contributed by atoms with E-state index in [1.165, 1.54) is 0 Å². The summed E-state index contributed by atoms with van der Waals surface area (Å²) in [5.41, 5.74) is 0.812. The van der Waals surface area contributed by atoms with Crippen LogP contribution in [0.25, 0.3) is 0 Å². The van der Waals surface area contributed by atoms with E-state index in [0.29, 0.717) is 12.2 Å². The van der Waals surface area contributed by atoms with E-state index in [-0.39, 0.29) is 12.7 Å². The molecular weight excluding hydrogens is 168 g/mol. The van der Waals surface area contributed by atoms with Crippen molar-refractivity contribution in [1.29, 1.82) is 0 Å². The molecule has 2 atom stereocenters. The second kappa shape index (κ2) is 3.36. The van der Waals surface area contributed by atoms with Crippen molar-refractivity contribution in [3.63, 3.8) is 0 Å². The van der Waals surface area contributed by atoms with Crippen molar-refractivity contribution in [2.45, 2.75) is 18.6 Å². The molecule has 0 fully saturated rings. The van der Waals surface area contributed by atoms with Gasteiger partial charge in [0.05, 0.1) is 12.7 Å². The zero-order valence-electron chi connectivity index (χ0n) is 7.18. The van der Waals surface area contributed by atoms with Crippen molar-refractivity contribution >= 4 is 0 Å². The highest BCUT2D eigenvalue weighted by Crippen LogP contribution is 2.33. The Balaban J connectivity index is 2.31. The van der Waals surface area contributed by atoms with Gasteiger partial charge in [-0.15, -0.1) is 0 Å². The summed E-state index contributed by atoms with van der Waals surface area (Å²) in [6.07, 6.45) is -0.319. The molecule has 1 aromatic carbocycles. The van der Waals surface area contributed by atoms with Gasteiger partial charge in [-0.2, -0.15) is 0 Å². The Bertz CT molecular complexity index is 298. The van der Waals surface area contributed by atoms with E-state index in [1.54, 1.807) is 6.07 Å². The Hall–Kier alpha value is -1.06. The van der Waals surface area contributed by atoms with Gasteiger partial charge in [0.1, 0.15) is 11.9 Å². The molecule has 0 aliphatic carbocycles. The topological polar surface area (TPSA) is 49.7 Å². The first-order chi connectivity index (χ1) is 6.31. The van der Waals surface area contributed by atoms with Gasteiger partial charge < -0.3 is 14.9 Å². The second-order valence-electron chi connectivity index (χ2n) is 3.21. The molecular formula is C10H12O3. The van der Waals surface area contributed by atoms with Gasteiger partial charge in [-0.05, 0) is 6.07 Å². The summed E-state index contributed by atoms with van der Waals surface area (Å²) in [6, 6.07) is 7.37. The lowest BCUT2D eigenvalue weighted by atomic mass is 9.99. The van der Waals surface area contributed by atoms with Crippen molar-refractivity contribution in [2.75, 3.05) is 6.61 Å². The Labute approximate surface area is 76.6 Å². The lowest BCUT2D eigenvalue weighted by Crippen LogP contribution is -2.28. The molecule has 3 nitrogen and oxygen atoms in total. The van der Waals surface area contributed by atoms with Crippen LogP contribution in [0.1, 0.15) is 18.1 Å². The second-order valence-corrected chi connectivity index (χ2v) is 3.21.